The van der Waals surface area contributed by atoms with Crippen molar-refractivity contribution in [2.45, 2.75) is 18.9 Å². The molecule has 1 fully saturated rings. The van der Waals surface area contributed by atoms with Crippen molar-refractivity contribution in [3.8, 4) is 17.4 Å². The summed E-state index contributed by atoms with van der Waals surface area (Å²) >= 11 is 0. The molecule has 0 aliphatic carbocycles. The number of piperidine rings is 1. The quantitative estimate of drug-likeness (QED) is 0.798. The number of rotatable bonds is 6. The lowest BCUT2D eigenvalue weighted by molar-refractivity contribution is -0.135. The Kier molecular flexibility index (Phi) is 5.66. The van der Waals surface area contributed by atoms with Gasteiger partial charge in [-0.05, 0) is 24.3 Å². The number of methoxy groups -OCH3 is 1. The molecule has 0 bridgehead atoms. The summed E-state index contributed by atoms with van der Waals surface area (Å²) in [6.07, 6.45) is 4.74. The predicted octanol–water partition coefficient (Wildman–Crippen LogP) is 1.93. The van der Waals surface area contributed by atoms with Gasteiger partial charge < -0.3 is 19.1 Å². The SMILES string of the molecule is COc1ccc(OCC(=O)N2CCC(Oc3ccncn3)CC2)cc1. The van der Waals surface area contributed by atoms with Crippen LogP contribution in [0.2, 0.25) is 0 Å². The van der Waals surface area contributed by atoms with E-state index in [1.54, 1.807) is 43.6 Å². The number of ether oxygens (including phenoxy) is 3. The molecule has 1 amide bonds. The first-order valence-electron chi connectivity index (χ1n) is 8.22. The molecule has 1 aromatic heterocycles. The van der Waals surface area contributed by atoms with Gasteiger partial charge in [-0.25, -0.2) is 9.97 Å². The smallest absolute Gasteiger partial charge is 0.260 e. The molecule has 7 nitrogen and oxygen atoms in total. The Morgan fingerprint density at radius 1 is 1.16 bits per heavy atom. The highest BCUT2D eigenvalue weighted by Gasteiger charge is 2.24. The monoisotopic (exact) mass is 343 g/mol. The molecule has 132 valence electrons. The molecular weight excluding hydrogens is 322 g/mol. The van der Waals surface area contributed by atoms with Crippen LogP contribution in [0.3, 0.4) is 0 Å². The Morgan fingerprint density at radius 3 is 2.52 bits per heavy atom. The minimum Gasteiger partial charge on any atom is -0.497 e. The van der Waals surface area contributed by atoms with E-state index in [0.717, 1.165) is 18.6 Å². The third-order valence-corrected chi connectivity index (χ3v) is 4.06. The first-order valence-corrected chi connectivity index (χ1v) is 8.22. The molecule has 7 heteroatoms. The minimum atomic E-state index is -0.0173. The maximum Gasteiger partial charge on any atom is 0.260 e. The van der Waals surface area contributed by atoms with Gasteiger partial charge in [0.15, 0.2) is 6.61 Å². The molecule has 1 aromatic carbocycles. The first kappa shape index (κ1) is 17.0. The molecule has 25 heavy (non-hydrogen) atoms. The zero-order valence-corrected chi connectivity index (χ0v) is 14.1. The van der Waals surface area contributed by atoms with Gasteiger partial charge in [-0.1, -0.05) is 0 Å². The number of hydrogen-bond acceptors (Lipinski definition) is 6. The van der Waals surface area contributed by atoms with E-state index in [1.165, 1.54) is 6.33 Å². The van der Waals surface area contributed by atoms with E-state index in [2.05, 4.69) is 9.97 Å². The molecule has 1 aliphatic rings. The number of carbonyl (C=O) groups is 1. The van der Waals surface area contributed by atoms with Crippen LogP contribution in [-0.4, -0.2) is 53.7 Å². The van der Waals surface area contributed by atoms with Crippen molar-refractivity contribution >= 4 is 5.91 Å². The van der Waals surface area contributed by atoms with Gasteiger partial charge in [0.1, 0.15) is 23.9 Å². The van der Waals surface area contributed by atoms with Crippen molar-refractivity contribution in [3.05, 3.63) is 42.9 Å². The summed E-state index contributed by atoms with van der Waals surface area (Å²) in [5, 5.41) is 0. The lowest BCUT2D eigenvalue weighted by Gasteiger charge is -2.31. The number of aromatic nitrogens is 2. The number of hydrogen-bond donors (Lipinski definition) is 0. The van der Waals surface area contributed by atoms with Crippen molar-refractivity contribution in [1.82, 2.24) is 14.9 Å². The van der Waals surface area contributed by atoms with Crippen LogP contribution in [0.15, 0.2) is 42.9 Å². The highest BCUT2D eigenvalue weighted by atomic mass is 16.5. The van der Waals surface area contributed by atoms with Crippen molar-refractivity contribution in [3.63, 3.8) is 0 Å². The van der Waals surface area contributed by atoms with Gasteiger partial charge in [0, 0.05) is 38.2 Å². The Bertz CT molecular complexity index is 670. The van der Waals surface area contributed by atoms with Gasteiger partial charge in [0.2, 0.25) is 5.88 Å². The number of likely N-dealkylation sites (tertiary alicyclic amines) is 1. The van der Waals surface area contributed by atoms with E-state index >= 15 is 0 Å². The van der Waals surface area contributed by atoms with Crippen LogP contribution in [0.4, 0.5) is 0 Å². The molecule has 1 aliphatic heterocycles. The fraction of sp³-hybridized carbons (Fsp3) is 0.389. The zero-order valence-electron chi connectivity index (χ0n) is 14.1. The topological polar surface area (TPSA) is 73.8 Å². The number of nitrogens with zero attached hydrogens (tertiary/aromatic N) is 3. The maximum atomic E-state index is 12.3. The van der Waals surface area contributed by atoms with Gasteiger partial charge in [0.25, 0.3) is 5.91 Å². The van der Waals surface area contributed by atoms with E-state index in [0.29, 0.717) is 24.7 Å². The Labute approximate surface area is 146 Å². The van der Waals surface area contributed by atoms with Gasteiger partial charge >= 0.3 is 0 Å². The molecule has 0 saturated carbocycles. The Hall–Kier alpha value is -2.83. The summed E-state index contributed by atoms with van der Waals surface area (Å²) < 4.78 is 16.4. The standard InChI is InChI=1S/C18H21N3O4/c1-23-14-2-4-15(5-3-14)24-12-18(22)21-10-7-16(8-11-21)25-17-6-9-19-13-20-17/h2-6,9,13,16H,7-8,10-12H2,1H3. The molecule has 2 aromatic rings. The highest BCUT2D eigenvalue weighted by Crippen LogP contribution is 2.19. The van der Waals surface area contributed by atoms with Crippen LogP contribution in [-0.2, 0) is 4.79 Å². The summed E-state index contributed by atoms with van der Waals surface area (Å²) in [7, 11) is 1.61. The van der Waals surface area contributed by atoms with Crippen molar-refractivity contribution in [2.24, 2.45) is 0 Å². The Morgan fingerprint density at radius 2 is 1.88 bits per heavy atom. The van der Waals surface area contributed by atoms with E-state index in [1.807, 2.05) is 4.90 Å². The van der Waals surface area contributed by atoms with E-state index in [4.69, 9.17) is 14.2 Å². The largest absolute Gasteiger partial charge is 0.497 e. The van der Waals surface area contributed by atoms with Crippen LogP contribution in [0.25, 0.3) is 0 Å². The first-order chi connectivity index (χ1) is 12.2. The van der Waals surface area contributed by atoms with Gasteiger partial charge in [-0.3, -0.25) is 4.79 Å². The second kappa shape index (κ2) is 8.32. The van der Waals surface area contributed by atoms with Gasteiger partial charge in [-0.15, -0.1) is 0 Å². The third kappa shape index (κ3) is 4.82. The van der Waals surface area contributed by atoms with E-state index in [9.17, 15) is 4.79 Å². The van der Waals surface area contributed by atoms with Crippen LogP contribution < -0.4 is 14.2 Å². The van der Waals surface area contributed by atoms with Crippen LogP contribution in [0.1, 0.15) is 12.8 Å². The lowest BCUT2D eigenvalue weighted by atomic mass is 10.1. The minimum absolute atomic E-state index is 0.0173. The molecule has 0 spiro atoms. The predicted molar refractivity (Wildman–Crippen MR) is 90.8 cm³/mol. The van der Waals surface area contributed by atoms with Crippen LogP contribution in [0, 0.1) is 0 Å². The summed E-state index contributed by atoms with van der Waals surface area (Å²) in [5.41, 5.74) is 0. The number of carbonyl (C=O) groups excluding carboxylic acids is 1. The van der Waals surface area contributed by atoms with E-state index in [-0.39, 0.29) is 18.6 Å². The van der Waals surface area contributed by atoms with Crippen molar-refractivity contribution < 1.29 is 19.0 Å². The van der Waals surface area contributed by atoms with Crippen molar-refractivity contribution in [2.75, 3.05) is 26.8 Å². The van der Waals surface area contributed by atoms with Crippen LogP contribution >= 0.6 is 0 Å². The molecule has 0 atom stereocenters. The average molecular weight is 343 g/mol. The molecule has 0 radical (unpaired) electrons. The second-order valence-electron chi connectivity index (χ2n) is 5.71. The molecule has 0 unspecified atom stereocenters. The second-order valence-corrected chi connectivity index (χ2v) is 5.71. The lowest BCUT2D eigenvalue weighted by Crippen LogP contribution is -2.43. The molecule has 3 rings (SSSR count). The normalized spacial score (nSPS) is 14.8. The average Bonchev–Trinajstić information content (AvgIpc) is 2.68. The fourth-order valence-corrected chi connectivity index (χ4v) is 2.65. The number of amides is 1. The molecule has 1 saturated heterocycles. The summed E-state index contributed by atoms with van der Waals surface area (Å²) in [6, 6.07) is 8.91. The summed E-state index contributed by atoms with van der Waals surface area (Å²) in [4.78, 5) is 22.0. The summed E-state index contributed by atoms with van der Waals surface area (Å²) in [6.45, 7) is 1.34. The highest BCUT2D eigenvalue weighted by molar-refractivity contribution is 5.77. The zero-order chi connectivity index (χ0) is 17.5. The fourth-order valence-electron chi connectivity index (χ4n) is 2.65. The third-order valence-electron chi connectivity index (χ3n) is 4.06. The number of benzene rings is 1. The van der Waals surface area contributed by atoms with E-state index < -0.39 is 0 Å². The Balaban J connectivity index is 1.41. The maximum absolute atomic E-state index is 12.3. The molecule has 2 heterocycles. The molecule has 0 N–H and O–H groups in total. The van der Waals surface area contributed by atoms with Crippen LogP contribution in [0.5, 0.6) is 17.4 Å². The molecular formula is C18H21N3O4. The van der Waals surface area contributed by atoms with Gasteiger partial charge in [-0.2, -0.15) is 0 Å². The summed E-state index contributed by atoms with van der Waals surface area (Å²) in [5.74, 6) is 1.96. The van der Waals surface area contributed by atoms with Gasteiger partial charge in [0.05, 0.1) is 7.11 Å². The van der Waals surface area contributed by atoms with Crippen molar-refractivity contribution in [1.29, 1.82) is 0 Å².